The molecule has 16 heavy (non-hydrogen) atoms. The number of hydrogen-bond donors (Lipinski definition) is 1. The van der Waals surface area contributed by atoms with Crippen LogP contribution in [0.3, 0.4) is 0 Å². The van der Waals surface area contributed by atoms with Gasteiger partial charge in [0.1, 0.15) is 0 Å². The molecule has 3 heteroatoms. The molecule has 3 atom stereocenters. The number of morpholine rings is 1. The fraction of sp³-hybridized carbons (Fsp3) is 1.00. The van der Waals surface area contributed by atoms with Crippen molar-refractivity contribution in [1.82, 2.24) is 10.2 Å². The van der Waals surface area contributed by atoms with Gasteiger partial charge in [-0.2, -0.15) is 0 Å². The van der Waals surface area contributed by atoms with Crippen LogP contribution in [-0.2, 0) is 4.74 Å². The second-order valence-electron chi connectivity index (χ2n) is 6.08. The topological polar surface area (TPSA) is 24.5 Å². The zero-order valence-corrected chi connectivity index (χ0v) is 11.1. The van der Waals surface area contributed by atoms with E-state index in [0.29, 0.717) is 6.10 Å². The van der Waals surface area contributed by atoms with Crippen LogP contribution in [0.1, 0.15) is 33.6 Å². The summed E-state index contributed by atoms with van der Waals surface area (Å²) in [7, 11) is 2.06. The van der Waals surface area contributed by atoms with E-state index >= 15 is 0 Å². The fourth-order valence-electron chi connectivity index (χ4n) is 3.29. The molecule has 0 aromatic carbocycles. The Morgan fingerprint density at radius 1 is 1.38 bits per heavy atom. The molecule has 0 aromatic rings. The van der Waals surface area contributed by atoms with Crippen molar-refractivity contribution in [3.05, 3.63) is 0 Å². The first-order valence-corrected chi connectivity index (χ1v) is 6.58. The summed E-state index contributed by atoms with van der Waals surface area (Å²) in [5.74, 6) is 0.853. The highest BCUT2D eigenvalue weighted by Gasteiger charge is 2.40. The summed E-state index contributed by atoms with van der Waals surface area (Å²) < 4.78 is 5.96. The summed E-state index contributed by atoms with van der Waals surface area (Å²) in [4.78, 5) is 2.65. The Balaban J connectivity index is 1.93. The van der Waals surface area contributed by atoms with Gasteiger partial charge in [0.2, 0.25) is 0 Å². The van der Waals surface area contributed by atoms with Crippen molar-refractivity contribution in [1.29, 1.82) is 0 Å². The first kappa shape index (κ1) is 12.3. The monoisotopic (exact) mass is 226 g/mol. The molecule has 0 amide bonds. The van der Waals surface area contributed by atoms with Gasteiger partial charge in [0.05, 0.1) is 11.7 Å². The van der Waals surface area contributed by atoms with E-state index in [-0.39, 0.29) is 5.60 Å². The minimum Gasteiger partial charge on any atom is -0.370 e. The first-order chi connectivity index (χ1) is 7.52. The van der Waals surface area contributed by atoms with Gasteiger partial charge < -0.3 is 10.1 Å². The minimum atomic E-state index is 0.0252. The molecular weight excluding hydrogens is 200 g/mol. The molecule has 1 N–H and O–H groups in total. The maximum Gasteiger partial charge on any atom is 0.0757 e. The van der Waals surface area contributed by atoms with Crippen molar-refractivity contribution in [3.63, 3.8) is 0 Å². The van der Waals surface area contributed by atoms with Crippen LogP contribution in [0, 0.1) is 5.92 Å². The van der Waals surface area contributed by atoms with Gasteiger partial charge in [0.25, 0.3) is 0 Å². The molecule has 0 bridgehead atoms. The van der Waals surface area contributed by atoms with Gasteiger partial charge in [-0.15, -0.1) is 0 Å². The van der Waals surface area contributed by atoms with Gasteiger partial charge in [0.15, 0.2) is 0 Å². The van der Waals surface area contributed by atoms with Crippen LogP contribution in [-0.4, -0.2) is 49.3 Å². The molecule has 0 radical (unpaired) electrons. The van der Waals surface area contributed by atoms with E-state index in [1.54, 1.807) is 0 Å². The Kier molecular flexibility index (Phi) is 3.57. The molecule has 3 nitrogen and oxygen atoms in total. The predicted octanol–water partition coefficient (Wildman–Crippen LogP) is 1.48. The van der Waals surface area contributed by atoms with E-state index < -0.39 is 0 Å². The van der Waals surface area contributed by atoms with Crippen LogP contribution in [0.25, 0.3) is 0 Å². The summed E-state index contributed by atoms with van der Waals surface area (Å²) >= 11 is 0. The smallest absolute Gasteiger partial charge is 0.0757 e. The van der Waals surface area contributed by atoms with Crippen LogP contribution >= 0.6 is 0 Å². The third-order valence-electron chi connectivity index (χ3n) is 3.91. The first-order valence-electron chi connectivity index (χ1n) is 6.58. The average molecular weight is 226 g/mol. The molecule has 2 fully saturated rings. The number of ether oxygens (including phenoxy) is 1. The third-order valence-corrected chi connectivity index (χ3v) is 3.91. The largest absolute Gasteiger partial charge is 0.370 e. The Morgan fingerprint density at radius 2 is 2.12 bits per heavy atom. The molecule has 2 aliphatic rings. The van der Waals surface area contributed by atoms with Crippen LogP contribution in [0.5, 0.6) is 0 Å². The highest BCUT2D eigenvalue weighted by molar-refractivity contribution is 4.94. The average Bonchev–Trinajstić information content (AvgIpc) is 2.08. The van der Waals surface area contributed by atoms with Crippen molar-refractivity contribution in [3.8, 4) is 0 Å². The van der Waals surface area contributed by atoms with Crippen molar-refractivity contribution in [2.24, 2.45) is 5.92 Å². The van der Waals surface area contributed by atoms with Crippen LogP contribution in [0.15, 0.2) is 0 Å². The highest BCUT2D eigenvalue weighted by atomic mass is 16.5. The summed E-state index contributed by atoms with van der Waals surface area (Å²) in [6.07, 6.45) is 3.13. The number of hydrogen-bond acceptors (Lipinski definition) is 3. The van der Waals surface area contributed by atoms with E-state index in [9.17, 15) is 0 Å². The summed E-state index contributed by atoms with van der Waals surface area (Å²) in [5.41, 5.74) is 0.0252. The van der Waals surface area contributed by atoms with Gasteiger partial charge in [-0.1, -0.05) is 0 Å². The minimum absolute atomic E-state index is 0.0252. The molecule has 1 heterocycles. The molecule has 0 aromatic heterocycles. The molecule has 1 saturated heterocycles. The quantitative estimate of drug-likeness (QED) is 0.789. The van der Waals surface area contributed by atoms with E-state index in [2.05, 4.69) is 38.0 Å². The van der Waals surface area contributed by atoms with Crippen LogP contribution in [0.4, 0.5) is 0 Å². The van der Waals surface area contributed by atoms with Crippen LogP contribution in [0.2, 0.25) is 0 Å². The van der Waals surface area contributed by atoms with Crippen molar-refractivity contribution < 1.29 is 4.74 Å². The SMILES string of the molecule is CNCC1CCC1N1CC(C)OC(C)(C)C1. The lowest BCUT2D eigenvalue weighted by Gasteiger charge is -2.51. The maximum atomic E-state index is 5.96. The second-order valence-corrected chi connectivity index (χ2v) is 6.08. The second kappa shape index (κ2) is 4.63. The predicted molar refractivity (Wildman–Crippen MR) is 66.6 cm³/mol. The van der Waals surface area contributed by atoms with Crippen molar-refractivity contribution in [2.75, 3.05) is 26.7 Å². The molecule has 2 rings (SSSR count). The number of nitrogens with zero attached hydrogens (tertiary/aromatic N) is 1. The molecule has 94 valence electrons. The lowest BCUT2D eigenvalue weighted by Crippen LogP contribution is -2.60. The Hall–Kier alpha value is -0.120. The zero-order chi connectivity index (χ0) is 11.8. The highest BCUT2D eigenvalue weighted by Crippen LogP contribution is 2.35. The lowest BCUT2D eigenvalue weighted by molar-refractivity contribution is -0.150. The third kappa shape index (κ3) is 2.58. The van der Waals surface area contributed by atoms with E-state index in [1.165, 1.54) is 12.8 Å². The molecule has 1 saturated carbocycles. The fourth-order valence-corrected chi connectivity index (χ4v) is 3.29. The summed E-state index contributed by atoms with van der Waals surface area (Å²) in [6, 6.07) is 0.790. The zero-order valence-electron chi connectivity index (χ0n) is 11.1. The Bertz CT molecular complexity index is 242. The summed E-state index contributed by atoms with van der Waals surface area (Å²) in [6.45, 7) is 9.97. The van der Waals surface area contributed by atoms with Gasteiger partial charge in [-0.3, -0.25) is 4.90 Å². The van der Waals surface area contributed by atoms with Crippen LogP contribution < -0.4 is 5.32 Å². The number of nitrogens with one attached hydrogen (secondary N) is 1. The van der Waals surface area contributed by atoms with Gasteiger partial charge in [-0.25, -0.2) is 0 Å². The molecule has 1 aliphatic carbocycles. The maximum absolute atomic E-state index is 5.96. The normalized spacial score (nSPS) is 39.4. The van der Waals surface area contributed by atoms with Crippen molar-refractivity contribution in [2.45, 2.75) is 51.4 Å². The molecule has 3 unspecified atom stereocenters. The Morgan fingerprint density at radius 3 is 2.62 bits per heavy atom. The van der Waals surface area contributed by atoms with Gasteiger partial charge in [0, 0.05) is 19.1 Å². The van der Waals surface area contributed by atoms with Gasteiger partial charge >= 0.3 is 0 Å². The molecule has 1 aliphatic heterocycles. The summed E-state index contributed by atoms with van der Waals surface area (Å²) in [5, 5.41) is 3.31. The van der Waals surface area contributed by atoms with Gasteiger partial charge in [-0.05, 0) is 53.1 Å². The molecular formula is C13H26N2O. The van der Waals surface area contributed by atoms with Crippen molar-refractivity contribution >= 4 is 0 Å². The lowest BCUT2D eigenvalue weighted by atomic mass is 9.77. The van der Waals surface area contributed by atoms with E-state index in [1.807, 2.05) is 0 Å². The van der Waals surface area contributed by atoms with E-state index in [0.717, 1.165) is 31.6 Å². The van der Waals surface area contributed by atoms with E-state index in [4.69, 9.17) is 4.74 Å². The number of rotatable bonds is 3. The molecule has 0 spiro atoms. The standard InChI is InChI=1S/C13H26N2O/c1-10-8-15(9-13(2,3)16-10)12-6-5-11(12)7-14-4/h10-12,14H,5-9H2,1-4H3. The Labute approximate surface area is 99.5 Å².